The lowest BCUT2D eigenvalue weighted by atomic mass is 10.0. The number of rotatable bonds is 21. The molecule has 0 radical (unpaired) electrons. The first-order valence-corrected chi connectivity index (χ1v) is 28.3. The summed E-state index contributed by atoms with van der Waals surface area (Å²) in [6, 6.07) is 35.1. The fraction of sp³-hybridized carbons (Fsp3) is 0.294. The average Bonchev–Trinajstić information content (AvgIpc) is 3.31. The van der Waals surface area contributed by atoms with Crippen molar-refractivity contribution in [2.24, 2.45) is 0 Å². The van der Waals surface area contributed by atoms with Gasteiger partial charge in [0.05, 0.1) is 59.6 Å². The smallest absolute Gasteiger partial charge is 0.416 e. The largest absolute Gasteiger partial charge is 0.493 e. The molecule has 4 aromatic heterocycles. The standard InChI is InChI=1S/C17H19ClN2O.C17H17F3N2O.C17H18F2N2O2.C17H20N2O/c1-11-8-14(18)5-6-15(11)16-7-4-13(10-20-16)9-17(19-3)12(2)21;1-11(23)16(21-2)9-12-3-8-15(22-10-12)13-4-6-14(7-5-13)17(18,19)20;1-10(22)16(20-2)6-11-4-5-15(21-9-11)13-7-12(18)8-14(19)17(13)23-3;1-12-5-4-6-15(9-12)16-8-7-14(11-19-16)10-17(18-3)13(2)20/h4-8,10,17,19H,9H2,1-3H3;3-8,10,16,21H,9H2,1-2H3;4-5,7-9,16,20H,6H2,1-3H3;4-9,11,17-18H,10H2,1-3H3/t17-;2*16-;17-/m0000/s1. The van der Waals surface area contributed by atoms with Gasteiger partial charge in [-0.25, -0.2) is 8.78 Å². The molecule has 0 spiro atoms. The highest BCUT2D eigenvalue weighted by molar-refractivity contribution is 6.30. The van der Waals surface area contributed by atoms with Crippen LogP contribution in [-0.2, 0) is 51.0 Å². The molecule has 87 heavy (non-hydrogen) atoms. The highest BCUT2D eigenvalue weighted by Crippen LogP contribution is 2.33. The molecule has 13 nitrogen and oxygen atoms in total. The van der Waals surface area contributed by atoms with Crippen LogP contribution in [0, 0.1) is 25.5 Å². The average molecular weight is 1210 g/mol. The first kappa shape index (κ1) is 69.5. The molecule has 0 aliphatic rings. The number of nitrogens with zero attached hydrogens (tertiary/aromatic N) is 4. The molecule has 8 rings (SSSR count). The molecule has 0 amide bonds. The van der Waals surface area contributed by atoms with Crippen molar-refractivity contribution < 1.29 is 45.9 Å². The minimum atomic E-state index is -4.34. The van der Waals surface area contributed by atoms with E-state index in [4.69, 9.17) is 16.3 Å². The van der Waals surface area contributed by atoms with Gasteiger partial charge in [-0.1, -0.05) is 77.8 Å². The van der Waals surface area contributed by atoms with Crippen LogP contribution in [0.5, 0.6) is 5.75 Å². The number of nitrogens with one attached hydrogen (secondary N) is 4. The summed E-state index contributed by atoms with van der Waals surface area (Å²) in [6.07, 6.45) is 4.91. The normalized spacial score (nSPS) is 12.3. The van der Waals surface area contributed by atoms with E-state index in [1.54, 1.807) is 72.6 Å². The Morgan fingerprint density at radius 1 is 0.494 bits per heavy atom. The van der Waals surface area contributed by atoms with Crippen LogP contribution in [0.25, 0.3) is 45.0 Å². The van der Waals surface area contributed by atoms with Crippen molar-refractivity contribution in [1.29, 1.82) is 0 Å². The molecule has 0 aliphatic heterocycles. The maximum atomic E-state index is 13.7. The maximum Gasteiger partial charge on any atom is 0.416 e. The van der Waals surface area contributed by atoms with Gasteiger partial charge in [0.25, 0.3) is 0 Å². The van der Waals surface area contributed by atoms with Crippen molar-refractivity contribution >= 4 is 34.7 Å². The number of carbonyl (C=O) groups excluding carboxylic acids is 4. The van der Waals surface area contributed by atoms with Gasteiger partial charge in [0.15, 0.2) is 11.6 Å². The number of benzene rings is 4. The van der Waals surface area contributed by atoms with E-state index in [1.807, 2.05) is 73.9 Å². The number of aryl methyl sites for hydroxylation is 2. The molecule has 4 aromatic carbocycles. The summed E-state index contributed by atoms with van der Waals surface area (Å²) in [5, 5.41) is 12.6. The molecule has 19 heteroatoms. The molecule has 458 valence electrons. The van der Waals surface area contributed by atoms with Crippen molar-refractivity contribution in [2.75, 3.05) is 35.3 Å². The monoisotopic (exact) mass is 1210 g/mol. The minimum Gasteiger partial charge on any atom is -0.493 e. The van der Waals surface area contributed by atoms with Crippen molar-refractivity contribution in [1.82, 2.24) is 41.2 Å². The van der Waals surface area contributed by atoms with Gasteiger partial charge in [0.1, 0.15) is 29.0 Å². The Morgan fingerprint density at radius 3 is 1.24 bits per heavy atom. The molecule has 4 N–H and O–H groups in total. The van der Waals surface area contributed by atoms with E-state index in [-0.39, 0.29) is 58.6 Å². The molecule has 0 saturated heterocycles. The van der Waals surface area contributed by atoms with E-state index in [0.29, 0.717) is 42.6 Å². The fourth-order valence-electron chi connectivity index (χ4n) is 9.09. The Morgan fingerprint density at radius 2 is 0.897 bits per heavy atom. The van der Waals surface area contributed by atoms with Gasteiger partial charge in [0, 0.05) is 58.1 Å². The maximum absolute atomic E-state index is 13.7. The van der Waals surface area contributed by atoms with E-state index in [0.717, 1.165) is 73.6 Å². The lowest BCUT2D eigenvalue weighted by Gasteiger charge is -2.13. The van der Waals surface area contributed by atoms with Crippen molar-refractivity contribution in [3.63, 3.8) is 0 Å². The van der Waals surface area contributed by atoms with Crippen LogP contribution in [0.3, 0.4) is 0 Å². The second-order valence-corrected chi connectivity index (χ2v) is 21.1. The van der Waals surface area contributed by atoms with Gasteiger partial charge >= 0.3 is 6.18 Å². The second-order valence-electron chi connectivity index (χ2n) is 20.7. The zero-order valence-electron chi connectivity index (χ0n) is 50.7. The zero-order chi connectivity index (χ0) is 64.0. The molecule has 0 fully saturated rings. The lowest BCUT2D eigenvalue weighted by Crippen LogP contribution is -2.34. The summed E-state index contributed by atoms with van der Waals surface area (Å²) in [4.78, 5) is 63.2. The predicted octanol–water partition coefficient (Wildman–Crippen LogP) is 12.4. The number of methoxy groups -OCH3 is 1. The number of aromatic nitrogens is 4. The van der Waals surface area contributed by atoms with E-state index >= 15 is 0 Å². The number of carbonyl (C=O) groups is 4. The third kappa shape index (κ3) is 21.3. The Kier molecular flexibility index (Phi) is 26.8. The zero-order valence-corrected chi connectivity index (χ0v) is 51.4. The molecular formula is C68H74ClF5N8O5. The third-order valence-electron chi connectivity index (χ3n) is 14.2. The van der Waals surface area contributed by atoms with E-state index in [2.05, 4.69) is 66.3 Å². The Bertz CT molecular complexity index is 3540. The Balaban J connectivity index is 0.000000212. The number of pyridine rings is 4. The van der Waals surface area contributed by atoms with Crippen LogP contribution in [0.2, 0.25) is 5.02 Å². The topological polar surface area (TPSA) is 177 Å². The summed E-state index contributed by atoms with van der Waals surface area (Å²) < 4.78 is 69.8. The van der Waals surface area contributed by atoms with Crippen LogP contribution < -0.4 is 26.0 Å². The Labute approximate surface area is 511 Å². The molecule has 4 heterocycles. The number of ketones is 4. The predicted molar refractivity (Wildman–Crippen MR) is 334 cm³/mol. The van der Waals surface area contributed by atoms with Gasteiger partial charge in [-0.2, -0.15) is 13.2 Å². The molecular weight excluding hydrogens is 1140 g/mol. The molecule has 0 saturated carbocycles. The minimum absolute atomic E-state index is 0.0328. The summed E-state index contributed by atoms with van der Waals surface area (Å²) in [7, 11) is 8.36. The van der Waals surface area contributed by atoms with Gasteiger partial charge in [0.2, 0.25) is 0 Å². The summed E-state index contributed by atoms with van der Waals surface area (Å²) in [5.41, 5.74) is 11.4. The number of Topliss-reactive ketones (excluding diaryl/α,β-unsaturated/α-hetero) is 4. The van der Waals surface area contributed by atoms with E-state index in [1.165, 1.54) is 44.7 Å². The number of ether oxygens (including phenoxy) is 1. The van der Waals surface area contributed by atoms with Crippen LogP contribution in [0.1, 0.15) is 66.6 Å². The van der Waals surface area contributed by atoms with Crippen molar-refractivity contribution in [3.8, 4) is 50.8 Å². The van der Waals surface area contributed by atoms with E-state index < -0.39 is 23.4 Å². The number of likely N-dealkylation sites (N-methyl/N-ethyl adjacent to an activating group) is 4. The number of alkyl halides is 3. The summed E-state index contributed by atoms with van der Waals surface area (Å²) >= 11 is 5.97. The summed E-state index contributed by atoms with van der Waals surface area (Å²) in [6.45, 7) is 10.3. The van der Waals surface area contributed by atoms with Gasteiger partial charge < -0.3 is 26.0 Å². The lowest BCUT2D eigenvalue weighted by molar-refractivity contribution is -0.137. The van der Waals surface area contributed by atoms with Crippen LogP contribution in [0.4, 0.5) is 22.0 Å². The molecule has 0 unspecified atom stereocenters. The van der Waals surface area contributed by atoms with Crippen LogP contribution >= 0.6 is 11.6 Å². The first-order valence-electron chi connectivity index (χ1n) is 27.9. The number of halogens is 6. The molecule has 4 atom stereocenters. The van der Waals surface area contributed by atoms with Crippen LogP contribution in [-0.4, -0.2) is 103 Å². The molecule has 0 bridgehead atoms. The van der Waals surface area contributed by atoms with Crippen molar-refractivity contribution in [2.45, 2.75) is 97.6 Å². The third-order valence-corrected chi connectivity index (χ3v) is 14.4. The highest BCUT2D eigenvalue weighted by atomic mass is 35.5. The first-order chi connectivity index (χ1) is 41.4. The van der Waals surface area contributed by atoms with Crippen LogP contribution in [0.15, 0.2) is 152 Å². The van der Waals surface area contributed by atoms with Gasteiger partial charge in [-0.05, 0) is 184 Å². The summed E-state index contributed by atoms with van der Waals surface area (Å²) in [5.74, 6) is -1.17. The fourth-order valence-corrected chi connectivity index (χ4v) is 9.31. The van der Waals surface area contributed by atoms with E-state index in [9.17, 15) is 41.1 Å². The van der Waals surface area contributed by atoms with Gasteiger partial charge in [-0.15, -0.1) is 0 Å². The van der Waals surface area contributed by atoms with Gasteiger partial charge in [-0.3, -0.25) is 39.1 Å². The Hall–Kier alpha value is -8.26. The highest BCUT2D eigenvalue weighted by Gasteiger charge is 2.30. The molecule has 8 aromatic rings. The number of hydrogen-bond acceptors (Lipinski definition) is 13. The second kappa shape index (κ2) is 33.6. The molecule has 0 aliphatic carbocycles. The quantitative estimate of drug-likeness (QED) is 0.0500. The van der Waals surface area contributed by atoms with Crippen molar-refractivity contribution in [3.05, 3.63) is 208 Å². The SMILES string of the molecule is CN[C@@H](Cc1ccc(-c2cc(F)cc(F)c2OC)nc1)C(C)=O.CN[C@@H](Cc1ccc(-c2ccc(C(F)(F)F)cc2)nc1)C(C)=O.CN[C@@H](Cc1ccc(-c2ccc(Cl)cc2C)nc1)C(C)=O.CN[C@@H](Cc1ccc(-c2cccc(C)c2)nc1)C(C)=O. The number of hydrogen-bond donors (Lipinski definition) is 4.